The average Bonchev–Trinajstić information content (AvgIpc) is 3.21. The Hall–Kier alpha value is -2.80. The molecule has 3 nitrogen and oxygen atoms in total. The van der Waals surface area contributed by atoms with Gasteiger partial charge >= 0.3 is 0 Å². The van der Waals surface area contributed by atoms with Crippen LogP contribution in [0.15, 0.2) is 108 Å². The maximum atomic E-state index is 13.8. The van der Waals surface area contributed by atoms with Crippen molar-refractivity contribution in [3.05, 3.63) is 141 Å². The van der Waals surface area contributed by atoms with E-state index in [0.29, 0.717) is 4.53 Å². The van der Waals surface area contributed by atoms with E-state index >= 15 is 0 Å². The molecule has 0 fully saturated rings. The van der Waals surface area contributed by atoms with Crippen LogP contribution < -0.4 is 14.9 Å². The fourth-order valence-electron chi connectivity index (χ4n) is 5.08. The first kappa shape index (κ1) is 24.5. The lowest BCUT2D eigenvalue weighted by atomic mass is 9.84. The lowest BCUT2D eigenvalue weighted by Crippen LogP contribution is -2.39. The summed E-state index contributed by atoms with van der Waals surface area (Å²) in [5.74, 6) is 0. The van der Waals surface area contributed by atoms with E-state index < -0.39 is 0 Å². The maximum absolute atomic E-state index is 13.8. The fourth-order valence-corrected chi connectivity index (χ4v) is 6.61. The van der Waals surface area contributed by atoms with Crippen LogP contribution in [0.1, 0.15) is 47.6 Å². The second-order valence-corrected chi connectivity index (χ2v) is 12.3. The van der Waals surface area contributed by atoms with Gasteiger partial charge < -0.3 is 0 Å². The summed E-state index contributed by atoms with van der Waals surface area (Å²) in [5, 5.41) is 0. The highest BCUT2D eigenvalue weighted by molar-refractivity contribution is 9.10. The minimum Gasteiger partial charge on any atom is -0.272 e. The van der Waals surface area contributed by atoms with Crippen molar-refractivity contribution < 1.29 is 0 Å². The second-order valence-electron chi connectivity index (χ2n) is 9.49. The highest BCUT2D eigenvalue weighted by atomic mass is 79.9. The zero-order valence-corrected chi connectivity index (χ0v) is 24.2. The summed E-state index contributed by atoms with van der Waals surface area (Å²) < 4.78 is 4.71. The molecule has 6 rings (SSSR count). The molecule has 2 aliphatic rings. The minimum atomic E-state index is -0.159. The van der Waals surface area contributed by atoms with Gasteiger partial charge in [0.2, 0.25) is 0 Å². The molecule has 4 aromatic rings. The SMILES string of the molecule is Cc1ccc(/C=c2/sc3n(c2=O)C(c2ccc(Br)cc2)C2=C(N=3)/C(=C/c3ccc(Br)cc3)CCC2)cc1. The number of allylic oxidation sites excluding steroid dienone is 2. The zero-order chi connectivity index (χ0) is 25.5. The first-order valence-electron chi connectivity index (χ1n) is 12.3. The van der Waals surface area contributed by atoms with Crippen LogP contribution in [0.5, 0.6) is 0 Å². The van der Waals surface area contributed by atoms with Crippen molar-refractivity contribution in [2.45, 2.75) is 32.2 Å². The van der Waals surface area contributed by atoms with Crippen LogP contribution in [0.2, 0.25) is 0 Å². The first-order chi connectivity index (χ1) is 18.0. The summed E-state index contributed by atoms with van der Waals surface area (Å²) in [6.07, 6.45) is 7.19. The molecule has 2 heterocycles. The van der Waals surface area contributed by atoms with E-state index in [2.05, 4.69) is 118 Å². The molecule has 37 heavy (non-hydrogen) atoms. The van der Waals surface area contributed by atoms with Crippen molar-refractivity contribution in [3.63, 3.8) is 0 Å². The number of hydrogen-bond acceptors (Lipinski definition) is 3. The van der Waals surface area contributed by atoms with Crippen LogP contribution in [-0.4, -0.2) is 4.57 Å². The third-order valence-corrected chi connectivity index (χ3v) is 8.95. The van der Waals surface area contributed by atoms with E-state index in [1.54, 1.807) is 0 Å². The molecular weight excluding hydrogens is 608 g/mol. The summed E-state index contributed by atoms with van der Waals surface area (Å²) in [6, 6.07) is 24.8. The number of fused-ring (bicyclic) bond motifs is 1. The van der Waals surface area contributed by atoms with E-state index in [9.17, 15) is 4.79 Å². The lowest BCUT2D eigenvalue weighted by Gasteiger charge is -2.31. The van der Waals surface area contributed by atoms with Crippen LogP contribution in [0, 0.1) is 6.92 Å². The highest BCUT2D eigenvalue weighted by Gasteiger charge is 2.32. The normalized spacial score (nSPS) is 18.5. The maximum Gasteiger partial charge on any atom is 0.271 e. The van der Waals surface area contributed by atoms with Crippen LogP contribution in [0.3, 0.4) is 0 Å². The Morgan fingerprint density at radius 3 is 2.19 bits per heavy atom. The topological polar surface area (TPSA) is 34.4 Å². The molecule has 1 atom stereocenters. The third kappa shape index (κ3) is 4.90. The molecule has 184 valence electrons. The number of aromatic nitrogens is 1. The van der Waals surface area contributed by atoms with Gasteiger partial charge in [-0.15, -0.1) is 0 Å². The Morgan fingerprint density at radius 1 is 0.865 bits per heavy atom. The zero-order valence-electron chi connectivity index (χ0n) is 20.2. The summed E-state index contributed by atoms with van der Waals surface area (Å²) >= 11 is 8.58. The number of thiazole rings is 1. The molecule has 3 aromatic carbocycles. The number of benzene rings is 3. The van der Waals surface area contributed by atoms with Gasteiger partial charge in [-0.05, 0) is 90.4 Å². The van der Waals surface area contributed by atoms with Gasteiger partial charge in [0.1, 0.15) is 0 Å². The molecule has 0 saturated heterocycles. The Bertz CT molecular complexity index is 1730. The number of hydrogen-bond donors (Lipinski definition) is 0. The van der Waals surface area contributed by atoms with Gasteiger partial charge in [0.25, 0.3) is 5.56 Å². The Labute approximate surface area is 236 Å². The first-order valence-corrected chi connectivity index (χ1v) is 14.7. The van der Waals surface area contributed by atoms with Crippen molar-refractivity contribution in [3.8, 4) is 0 Å². The predicted octanol–water partition coefficient (Wildman–Crippen LogP) is 7.32. The van der Waals surface area contributed by atoms with Gasteiger partial charge in [-0.3, -0.25) is 9.36 Å². The van der Waals surface area contributed by atoms with Gasteiger partial charge in [-0.25, -0.2) is 4.99 Å². The number of rotatable bonds is 3. The molecule has 1 aromatic heterocycles. The van der Waals surface area contributed by atoms with Crippen molar-refractivity contribution in [2.24, 2.45) is 4.99 Å². The molecule has 6 heteroatoms. The van der Waals surface area contributed by atoms with E-state index in [1.807, 2.05) is 10.6 Å². The second kappa shape index (κ2) is 10.2. The molecular formula is C31H24Br2N2OS. The third-order valence-electron chi connectivity index (χ3n) is 6.90. The molecule has 1 unspecified atom stereocenters. The van der Waals surface area contributed by atoms with Gasteiger partial charge in [-0.2, -0.15) is 0 Å². The molecule has 0 bridgehead atoms. The number of aryl methyl sites for hydroxylation is 1. The van der Waals surface area contributed by atoms with Gasteiger partial charge in [0.15, 0.2) is 4.80 Å². The van der Waals surface area contributed by atoms with Crippen LogP contribution in [-0.2, 0) is 0 Å². The largest absolute Gasteiger partial charge is 0.272 e. The van der Waals surface area contributed by atoms with Crippen LogP contribution in [0.4, 0.5) is 0 Å². The minimum absolute atomic E-state index is 0.0211. The molecule has 0 spiro atoms. The monoisotopic (exact) mass is 630 g/mol. The summed E-state index contributed by atoms with van der Waals surface area (Å²) in [6.45, 7) is 2.07. The predicted molar refractivity (Wildman–Crippen MR) is 159 cm³/mol. The van der Waals surface area contributed by atoms with E-state index in [4.69, 9.17) is 4.99 Å². The molecule has 0 amide bonds. The molecule has 0 N–H and O–H groups in total. The van der Waals surface area contributed by atoms with Crippen molar-refractivity contribution >= 4 is 55.3 Å². The molecule has 1 aliphatic heterocycles. The summed E-state index contributed by atoms with van der Waals surface area (Å²) in [4.78, 5) is 19.8. The standard InChI is InChI=1S/C31H24Br2N2OS/c1-19-5-7-21(8-6-19)18-27-30(36)35-29(22-11-15-25(33)16-12-22)26-4-2-3-23(28(26)34-31(35)37-27)17-20-9-13-24(32)14-10-20/h5-18,29H,2-4H2,1H3/b23-17+,27-18+. The van der Waals surface area contributed by atoms with Crippen LogP contribution in [0.25, 0.3) is 12.2 Å². The quantitative estimate of drug-likeness (QED) is 0.233. The number of halogens is 2. The van der Waals surface area contributed by atoms with Crippen molar-refractivity contribution in [1.82, 2.24) is 4.57 Å². The molecule has 0 saturated carbocycles. The highest BCUT2D eigenvalue weighted by Crippen LogP contribution is 2.41. The fraction of sp³-hybridized carbons (Fsp3) is 0.161. The Balaban J connectivity index is 1.57. The lowest BCUT2D eigenvalue weighted by molar-refractivity contribution is 0.553. The van der Waals surface area contributed by atoms with E-state index in [0.717, 1.165) is 55.4 Å². The van der Waals surface area contributed by atoms with Gasteiger partial charge in [0, 0.05) is 8.95 Å². The van der Waals surface area contributed by atoms with Crippen molar-refractivity contribution in [1.29, 1.82) is 0 Å². The van der Waals surface area contributed by atoms with E-state index in [1.165, 1.54) is 28.0 Å². The van der Waals surface area contributed by atoms with Crippen LogP contribution >= 0.6 is 43.2 Å². The number of nitrogens with zero attached hydrogens (tertiary/aromatic N) is 2. The Morgan fingerprint density at radius 2 is 1.49 bits per heavy atom. The molecule has 0 radical (unpaired) electrons. The van der Waals surface area contributed by atoms with Gasteiger partial charge in [-0.1, -0.05) is 97.3 Å². The summed E-state index contributed by atoms with van der Waals surface area (Å²) in [5.41, 5.74) is 8.02. The smallest absolute Gasteiger partial charge is 0.271 e. The van der Waals surface area contributed by atoms with E-state index in [-0.39, 0.29) is 11.6 Å². The van der Waals surface area contributed by atoms with Crippen molar-refractivity contribution in [2.75, 3.05) is 0 Å². The average molecular weight is 632 g/mol. The van der Waals surface area contributed by atoms with Gasteiger partial charge in [0.05, 0.1) is 16.3 Å². The summed E-state index contributed by atoms with van der Waals surface area (Å²) in [7, 11) is 0. The molecule has 1 aliphatic carbocycles. The Kier molecular flexibility index (Phi) is 6.74.